The first-order valence-corrected chi connectivity index (χ1v) is 5.03. The van der Waals surface area contributed by atoms with Crippen molar-refractivity contribution in [3.8, 4) is 0 Å². The summed E-state index contributed by atoms with van der Waals surface area (Å²) in [5.41, 5.74) is 1.86. The van der Waals surface area contributed by atoms with Gasteiger partial charge in [-0.2, -0.15) is 0 Å². The maximum absolute atomic E-state index is 11.6. The summed E-state index contributed by atoms with van der Waals surface area (Å²) >= 11 is 0. The monoisotopic (exact) mass is 206 g/mol. The summed E-state index contributed by atoms with van der Waals surface area (Å²) in [5, 5.41) is 9.01. The first-order valence-electron chi connectivity index (χ1n) is 5.03. The van der Waals surface area contributed by atoms with Crippen LogP contribution in [0.2, 0.25) is 0 Å². The number of hydrogen-bond donors (Lipinski definition) is 1. The molecule has 1 fully saturated rings. The van der Waals surface area contributed by atoms with Gasteiger partial charge in [0, 0.05) is 31.7 Å². The van der Waals surface area contributed by atoms with Crippen LogP contribution in [0.25, 0.3) is 0 Å². The van der Waals surface area contributed by atoms with Gasteiger partial charge in [-0.25, -0.2) is 0 Å². The van der Waals surface area contributed by atoms with Crippen molar-refractivity contribution in [3.63, 3.8) is 0 Å². The highest BCUT2D eigenvalue weighted by Gasteiger charge is 2.30. The average molecular weight is 206 g/mol. The average Bonchev–Trinajstić information content (AvgIpc) is 2.60. The second-order valence-corrected chi connectivity index (χ2v) is 3.98. The SMILES string of the molecule is Cc1cncc(N2CC(CO)CC2=O)c1. The molecule has 1 amide bonds. The van der Waals surface area contributed by atoms with Gasteiger partial charge in [0.2, 0.25) is 5.91 Å². The van der Waals surface area contributed by atoms with E-state index in [4.69, 9.17) is 5.11 Å². The molecule has 1 atom stereocenters. The molecule has 80 valence electrons. The molecule has 1 saturated heterocycles. The van der Waals surface area contributed by atoms with Gasteiger partial charge >= 0.3 is 0 Å². The molecule has 0 aliphatic carbocycles. The van der Waals surface area contributed by atoms with Crippen molar-refractivity contribution in [2.75, 3.05) is 18.1 Å². The van der Waals surface area contributed by atoms with Crippen LogP contribution < -0.4 is 4.90 Å². The zero-order valence-corrected chi connectivity index (χ0v) is 8.68. The van der Waals surface area contributed by atoms with Crippen LogP contribution >= 0.6 is 0 Å². The fourth-order valence-electron chi connectivity index (χ4n) is 1.84. The molecule has 0 radical (unpaired) electrons. The van der Waals surface area contributed by atoms with Crippen molar-refractivity contribution in [1.29, 1.82) is 0 Å². The lowest BCUT2D eigenvalue weighted by molar-refractivity contribution is -0.117. The molecule has 0 saturated carbocycles. The first-order chi connectivity index (χ1) is 7.20. The lowest BCUT2D eigenvalue weighted by Gasteiger charge is -2.16. The zero-order valence-electron chi connectivity index (χ0n) is 8.68. The van der Waals surface area contributed by atoms with E-state index >= 15 is 0 Å². The minimum atomic E-state index is 0.0676. The Morgan fingerprint density at radius 2 is 2.40 bits per heavy atom. The molecule has 1 aliphatic rings. The van der Waals surface area contributed by atoms with Crippen LogP contribution in [0, 0.1) is 12.8 Å². The number of anilines is 1. The third-order valence-electron chi connectivity index (χ3n) is 2.64. The highest BCUT2D eigenvalue weighted by atomic mass is 16.3. The molecule has 15 heavy (non-hydrogen) atoms. The normalized spacial score (nSPS) is 21.1. The van der Waals surface area contributed by atoms with Gasteiger partial charge < -0.3 is 10.0 Å². The van der Waals surface area contributed by atoms with Crippen molar-refractivity contribution in [3.05, 3.63) is 24.0 Å². The van der Waals surface area contributed by atoms with Gasteiger partial charge in [0.05, 0.1) is 11.9 Å². The molecule has 2 heterocycles. The number of rotatable bonds is 2. The molecule has 2 rings (SSSR count). The quantitative estimate of drug-likeness (QED) is 0.776. The second-order valence-electron chi connectivity index (χ2n) is 3.98. The summed E-state index contributed by atoms with van der Waals surface area (Å²) < 4.78 is 0. The minimum Gasteiger partial charge on any atom is -0.396 e. The molecule has 1 aromatic rings. The predicted octanol–water partition coefficient (Wildman–Crippen LogP) is 0.735. The van der Waals surface area contributed by atoms with Gasteiger partial charge in [-0.3, -0.25) is 9.78 Å². The van der Waals surface area contributed by atoms with E-state index in [2.05, 4.69) is 4.98 Å². The van der Waals surface area contributed by atoms with E-state index in [1.54, 1.807) is 17.3 Å². The molecule has 4 nitrogen and oxygen atoms in total. The van der Waals surface area contributed by atoms with Crippen LogP contribution in [-0.4, -0.2) is 29.1 Å². The molecular formula is C11H14N2O2. The fourth-order valence-corrected chi connectivity index (χ4v) is 1.84. The van der Waals surface area contributed by atoms with E-state index < -0.39 is 0 Å². The van der Waals surface area contributed by atoms with E-state index in [1.807, 2.05) is 13.0 Å². The maximum Gasteiger partial charge on any atom is 0.227 e. The molecule has 4 heteroatoms. The molecule has 1 unspecified atom stereocenters. The Bertz CT molecular complexity index is 379. The number of carbonyl (C=O) groups is 1. The van der Waals surface area contributed by atoms with Crippen LogP contribution in [-0.2, 0) is 4.79 Å². The highest BCUT2D eigenvalue weighted by molar-refractivity contribution is 5.95. The van der Waals surface area contributed by atoms with Gasteiger partial charge in [0.1, 0.15) is 0 Å². The van der Waals surface area contributed by atoms with Crippen LogP contribution in [0.1, 0.15) is 12.0 Å². The number of aryl methyl sites for hydroxylation is 1. The van der Waals surface area contributed by atoms with Crippen molar-refractivity contribution in [2.45, 2.75) is 13.3 Å². The van der Waals surface area contributed by atoms with E-state index in [0.29, 0.717) is 13.0 Å². The predicted molar refractivity (Wildman–Crippen MR) is 56.5 cm³/mol. The second kappa shape index (κ2) is 3.98. The summed E-state index contributed by atoms with van der Waals surface area (Å²) in [6.45, 7) is 2.61. The highest BCUT2D eigenvalue weighted by Crippen LogP contribution is 2.24. The van der Waals surface area contributed by atoms with Crippen LogP contribution in [0.3, 0.4) is 0 Å². The minimum absolute atomic E-state index is 0.0676. The summed E-state index contributed by atoms with van der Waals surface area (Å²) in [6, 6.07) is 1.94. The number of nitrogens with zero attached hydrogens (tertiary/aromatic N) is 2. The third kappa shape index (κ3) is 1.99. The Kier molecular flexibility index (Phi) is 2.68. The number of carbonyl (C=O) groups excluding carboxylic acids is 1. The lowest BCUT2D eigenvalue weighted by atomic mass is 10.1. The van der Waals surface area contributed by atoms with Crippen molar-refractivity contribution < 1.29 is 9.90 Å². The molecule has 1 N–H and O–H groups in total. The standard InChI is InChI=1S/C11H14N2O2/c1-8-2-10(5-12-4-8)13-6-9(7-14)3-11(13)15/h2,4-5,9,14H,3,6-7H2,1H3. The summed E-state index contributed by atoms with van der Waals surface area (Å²) in [6.07, 6.45) is 3.88. The van der Waals surface area contributed by atoms with E-state index in [1.165, 1.54) is 0 Å². The Labute approximate surface area is 88.6 Å². The van der Waals surface area contributed by atoms with Crippen LogP contribution in [0.5, 0.6) is 0 Å². The van der Waals surface area contributed by atoms with Gasteiger partial charge in [-0.05, 0) is 18.6 Å². The zero-order chi connectivity index (χ0) is 10.8. The Balaban J connectivity index is 2.21. The van der Waals surface area contributed by atoms with Crippen molar-refractivity contribution in [2.24, 2.45) is 5.92 Å². The summed E-state index contributed by atoms with van der Waals surface area (Å²) in [7, 11) is 0. The molecule has 1 aliphatic heterocycles. The first kappa shape index (κ1) is 10.1. The third-order valence-corrected chi connectivity index (χ3v) is 2.64. The molecular weight excluding hydrogens is 192 g/mol. The molecule has 0 aromatic carbocycles. The van der Waals surface area contributed by atoms with Crippen LogP contribution in [0.15, 0.2) is 18.5 Å². The number of hydrogen-bond acceptors (Lipinski definition) is 3. The number of aromatic nitrogens is 1. The van der Waals surface area contributed by atoms with E-state index in [0.717, 1.165) is 11.3 Å². The van der Waals surface area contributed by atoms with E-state index in [9.17, 15) is 4.79 Å². The van der Waals surface area contributed by atoms with E-state index in [-0.39, 0.29) is 18.4 Å². The maximum atomic E-state index is 11.6. The molecule has 1 aromatic heterocycles. The Morgan fingerprint density at radius 3 is 3.00 bits per heavy atom. The Morgan fingerprint density at radius 1 is 1.60 bits per heavy atom. The number of aliphatic hydroxyl groups excluding tert-OH is 1. The number of amides is 1. The summed E-state index contributed by atoms with van der Waals surface area (Å²) in [4.78, 5) is 17.4. The lowest BCUT2D eigenvalue weighted by Crippen LogP contribution is -2.25. The van der Waals surface area contributed by atoms with Gasteiger partial charge in [0.25, 0.3) is 0 Å². The number of aliphatic hydroxyl groups is 1. The van der Waals surface area contributed by atoms with Crippen LogP contribution in [0.4, 0.5) is 5.69 Å². The van der Waals surface area contributed by atoms with Gasteiger partial charge in [-0.1, -0.05) is 0 Å². The van der Waals surface area contributed by atoms with Crippen molar-refractivity contribution in [1.82, 2.24) is 4.98 Å². The molecule has 0 spiro atoms. The fraction of sp³-hybridized carbons (Fsp3) is 0.455. The number of pyridine rings is 1. The van der Waals surface area contributed by atoms with Crippen molar-refractivity contribution >= 4 is 11.6 Å². The smallest absolute Gasteiger partial charge is 0.227 e. The van der Waals surface area contributed by atoms with Gasteiger partial charge in [-0.15, -0.1) is 0 Å². The molecule has 0 bridgehead atoms. The van der Waals surface area contributed by atoms with Gasteiger partial charge in [0.15, 0.2) is 0 Å². The summed E-state index contributed by atoms with van der Waals surface area (Å²) in [5.74, 6) is 0.138. The topological polar surface area (TPSA) is 53.4 Å². The largest absolute Gasteiger partial charge is 0.396 e. The Hall–Kier alpha value is -1.42.